The molecule has 2 N–H and O–H groups in total. The second kappa shape index (κ2) is 7.68. The zero-order valence-electron chi connectivity index (χ0n) is 11.8. The van der Waals surface area contributed by atoms with Crippen molar-refractivity contribution in [2.24, 2.45) is 0 Å². The predicted octanol–water partition coefficient (Wildman–Crippen LogP) is 2.07. The van der Waals surface area contributed by atoms with Crippen LogP contribution in [-0.4, -0.2) is 37.2 Å². The first-order valence-electron chi connectivity index (χ1n) is 6.02. The van der Waals surface area contributed by atoms with Gasteiger partial charge < -0.3 is 19.9 Å². The van der Waals surface area contributed by atoms with Crippen molar-refractivity contribution in [1.29, 1.82) is 0 Å². The van der Waals surface area contributed by atoms with Gasteiger partial charge in [-0.3, -0.25) is 9.59 Å². The van der Waals surface area contributed by atoms with Crippen LogP contribution in [0.2, 0.25) is 0 Å². The normalized spacial score (nSPS) is 12.0. The van der Waals surface area contributed by atoms with E-state index in [0.717, 1.165) is 0 Å². The number of aliphatic carboxylic acids is 1. The van der Waals surface area contributed by atoms with Gasteiger partial charge in [0, 0.05) is 6.08 Å². The molecule has 0 heterocycles. The molecule has 0 aromatic heterocycles. The number of ether oxygens (including phenoxy) is 2. The first kappa shape index (κ1) is 17.0. The molecule has 0 saturated carbocycles. The zero-order chi connectivity index (χ0) is 16.0. The molecular weight excluding hydrogens is 342 g/mol. The van der Waals surface area contributed by atoms with E-state index in [1.807, 2.05) is 0 Å². The molecule has 1 rings (SSSR count). The number of amides is 1. The standard InChI is InChI=1S/C14H16BrNO5/c1-8(14(18)19)16-12(17)5-4-9-6-10(15)13(21-3)11(7-9)20-2/h4-8H,1-3H3,(H,16,17)(H,18,19)/b5-4+/t8-/m1/s1. The average molecular weight is 358 g/mol. The number of carboxylic acids is 1. The number of benzene rings is 1. The van der Waals surface area contributed by atoms with E-state index < -0.39 is 17.9 Å². The highest BCUT2D eigenvalue weighted by Gasteiger charge is 2.12. The fourth-order valence-electron chi connectivity index (χ4n) is 1.53. The molecule has 0 aliphatic rings. The highest BCUT2D eigenvalue weighted by molar-refractivity contribution is 9.10. The Labute approximate surface area is 130 Å². The van der Waals surface area contributed by atoms with E-state index in [-0.39, 0.29) is 0 Å². The summed E-state index contributed by atoms with van der Waals surface area (Å²) in [6, 6.07) is 2.51. The van der Waals surface area contributed by atoms with Crippen molar-refractivity contribution in [3.05, 3.63) is 28.2 Å². The average Bonchev–Trinajstić information content (AvgIpc) is 2.44. The summed E-state index contributed by atoms with van der Waals surface area (Å²) in [5.74, 6) is -0.508. The minimum atomic E-state index is -1.09. The first-order valence-corrected chi connectivity index (χ1v) is 6.81. The quantitative estimate of drug-likeness (QED) is 0.761. The summed E-state index contributed by atoms with van der Waals surface area (Å²) in [6.07, 6.45) is 2.81. The molecule has 7 heteroatoms. The van der Waals surface area contributed by atoms with E-state index in [1.165, 1.54) is 27.2 Å². The minimum Gasteiger partial charge on any atom is -0.493 e. The fourth-order valence-corrected chi connectivity index (χ4v) is 2.15. The van der Waals surface area contributed by atoms with Crippen molar-refractivity contribution in [1.82, 2.24) is 5.32 Å². The maximum absolute atomic E-state index is 11.6. The molecule has 1 aromatic carbocycles. The Morgan fingerprint density at radius 1 is 1.33 bits per heavy atom. The zero-order valence-corrected chi connectivity index (χ0v) is 13.4. The van der Waals surface area contributed by atoms with Gasteiger partial charge in [-0.15, -0.1) is 0 Å². The molecular formula is C14H16BrNO5. The Morgan fingerprint density at radius 2 is 2.00 bits per heavy atom. The number of halogens is 1. The third-order valence-corrected chi connectivity index (χ3v) is 3.20. The van der Waals surface area contributed by atoms with Crippen LogP contribution in [0.3, 0.4) is 0 Å². The second-order valence-electron chi connectivity index (χ2n) is 4.14. The van der Waals surface area contributed by atoms with Gasteiger partial charge in [-0.2, -0.15) is 0 Å². The van der Waals surface area contributed by atoms with Crippen LogP contribution >= 0.6 is 15.9 Å². The van der Waals surface area contributed by atoms with Gasteiger partial charge in [-0.1, -0.05) is 0 Å². The maximum atomic E-state index is 11.6. The number of hydrogen-bond donors (Lipinski definition) is 2. The van der Waals surface area contributed by atoms with Gasteiger partial charge in [-0.05, 0) is 46.6 Å². The molecule has 0 aliphatic heterocycles. The summed E-state index contributed by atoms with van der Waals surface area (Å²) < 4.78 is 11.1. The van der Waals surface area contributed by atoms with Crippen molar-refractivity contribution in [2.75, 3.05) is 14.2 Å². The van der Waals surface area contributed by atoms with Crippen LogP contribution in [0, 0.1) is 0 Å². The Hall–Kier alpha value is -2.02. The number of carbonyl (C=O) groups is 2. The third-order valence-electron chi connectivity index (χ3n) is 2.61. The van der Waals surface area contributed by atoms with Gasteiger partial charge in [0.1, 0.15) is 6.04 Å². The van der Waals surface area contributed by atoms with Gasteiger partial charge in [-0.25, -0.2) is 0 Å². The van der Waals surface area contributed by atoms with E-state index in [0.29, 0.717) is 21.5 Å². The molecule has 114 valence electrons. The van der Waals surface area contributed by atoms with Gasteiger partial charge in [0.15, 0.2) is 11.5 Å². The Bertz CT molecular complexity index is 571. The molecule has 1 aromatic rings. The lowest BCUT2D eigenvalue weighted by Gasteiger charge is -2.10. The highest BCUT2D eigenvalue weighted by atomic mass is 79.9. The summed E-state index contributed by atoms with van der Waals surface area (Å²) in [4.78, 5) is 22.2. The molecule has 0 saturated heterocycles. The molecule has 0 radical (unpaired) electrons. The van der Waals surface area contributed by atoms with E-state index >= 15 is 0 Å². The van der Waals surface area contributed by atoms with Gasteiger partial charge >= 0.3 is 5.97 Å². The first-order chi connectivity index (χ1) is 9.88. The summed E-state index contributed by atoms with van der Waals surface area (Å²) in [5.41, 5.74) is 0.706. The number of hydrogen-bond acceptors (Lipinski definition) is 4. The maximum Gasteiger partial charge on any atom is 0.325 e. The molecule has 1 amide bonds. The Morgan fingerprint density at radius 3 is 2.52 bits per heavy atom. The molecule has 0 aliphatic carbocycles. The van der Waals surface area contributed by atoms with Gasteiger partial charge in [0.25, 0.3) is 0 Å². The van der Waals surface area contributed by atoms with Crippen molar-refractivity contribution in [3.63, 3.8) is 0 Å². The number of carbonyl (C=O) groups excluding carboxylic acids is 1. The van der Waals surface area contributed by atoms with Crippen LogP contribution in [0.25, 0.3) is 6.08 Å². The van der Waals surface area contributed by atoms with Crippen LogP contribution < -0.4 is 14.8 Å². The predicted molar refractivity (Wildman–Crippen MR) is 81.5 cm³/mol. The Balaban J connectivity index is 2.88. The highest BCUT2D eigenvalue weighted by Crippen LogP contribution is 2.36. The molecule has 0 unspecified atom stereocenters. The molecule has 0 bridgehead atoms. The molecule has 0 spiro atoms. The molecule has 1 atom stereocenters. The van der Waals surface area contributed by atoms with Crippen LogP contribution in [0.4, 0.5) is 0 Å². The monoisotopic (exact) mass is 357 g/mol. The number of nitrogens with one attached hydrogen (secondary N) is 1. The van der Waals surface area contributed by atoms with E-state index in [4.69, 9.17) is 14.6 Å². The summed E-state index contributed by atoms with van der Waals surface area (Å²) in [5, 5.41) is 11.0. The van der Waals surface area contributed by atoms with Crippen LogP contribution in [0.5, 0.6) is 11.5 Å². The lowest BCUT2D eigenvalue weighted by atomic mass is 10.2. The van der Waals surface area contributed by atoms with Crippen molar-refractivity contribution in [3.8, 4) is 11.5 Å². The molecule has 21 heavy (non-hydrogen) atoms. The molecule has 6 nitrogen and oxygen atoms in total. The summed E-state index contributed by atoms with van der Waals surface area (Å²) in [7, 11) is 3.04. The van der Waals surface area contributed by atoms with Crippen LogP contribution in [-0.2, 0) is 9.59 Å². The van der Waals surface area contributed by atoms with Crippen molar-refractivity contribution < 1.29 is 24.2 Å². The van der Waals surface area contributed by atoms with Crippen molar-refractivity contribution in [2.45, 2.75) is 13.0 Å². The minimum absolute atomic E-state index is 0.490. The SMILES string of the molecule is COc1cc(/C=C/C(=O)N[C@H](C)C(=O)O)cc(Br)c1OC. The number of methoxy groups -OCH3 is 2. The Kier molecular flexibility index (Phi) is 6.23. The number of rotatable bonds is 6. The second-order valence-corrected chi connectivity index (χ2v) is 4.99. The van der Waals surface area contributed by atoms with Crippen molar-refractivity contribution >= 4 is 33.9 Å². The topological polar surface area (TPSA) is 84.9 Å². The largest absolute Gasteiger partial charge is 0.493 e. The third kappa shape index (κ3) is 4.78. The van der Waals surface area contributed by atoms with E-state index in [1.54, 1.807) is 18.2 Å². The lowest BCUT2D eigenvalue weighted by Crippen LogP contribution is -2.37. The smallest absolute Gasteiger partial charge is 0.325 e. The van der Waals surface area contributed by atoms with Crippen LogP contribution in [0.1, 0.15) is 12.5 Å². The fraction of sp³-hybridized carbons (Fsp3) is 0.286. The summed E-state index contributed by atoms with van der Waals surface area (Å²) >= 11 is 3.35. The van der Waals surface area contributed by atoms with E-state index in [2.05, 4.69) is 21.2 Å². The van der Waals surface area contributed by atoms with Crippen LogP contribution in [0.15, 0.2) is 22.7 Å². The summed E-state index contributed by atoms with van der Waals surface area (Å²) in [6.45, 7) is 1.39. The van der Waals surface area contributed by atoms with Gasteiger partial charge in [0.05, 0.1) is 18.7 Å². The molecule has 0 fully saturated rings. The number of carboxylic acid groups (broad SMARTS) is 1. The lowest BCUT2D eigenvalue weighted by molar-refractivity contribution is -0.140. The van der Waals surface area contributed by atoms with Gasteiger partial charge in [0.2, 0.25) is 5.91 Å². The van der Waals surface area contributed by atoms with E-state index in [9.17, 15) is 9.59 Å².